The van der Waals surface area contributed by atoms with Crippen molar-refractivity contribution in [2.75, 3.05) is 6.61 Å². The van der Waals surface area contributed by atoms with Gasteiger partial charge in [0.1, 0.15) is 5.76 Å². The minimum absolute atomic E-state index is 0.0316. The SMILES string of the molecule is Cc1cc(CNC2CCOC(C)(C)C2)oc1C(=O)O. The van der Waals surface area contributed by atoms with Crippen molar-refractivity contribution < 1.29 is 19.1 Å². The molecule has 2 heterocycles. The van der Waals surface area contributed by atoms with Gasteiger partial charge in [-0.25, -0.2) is 4.79 Å². The molecule has 1 saturated heterocycles. The summed E-state index contributed by atoms with van der Waals surface area (Å²) in [7, 11) is 0. The topological polar surface area (TPSA) is 71.7 Å². The molecule has 106 valence electrons. The summed E-state index contributed by atoms with van der Waals surface area (Å²) < 4.78 is 11.0. The fraction of sp³-hybridized carbons (Fsp3) is 0.643. The molecule has 19 heavy (non-hydrogen) atoms. The summed E-state index contributed by atoms with van der Waals surface area (Å²) in [5.74, 6) is -0.320. The summed E-state index contributed by atoms with van der Waals surface area (Å²) >= 11 is 0. The second-order valence-electron chi connectivity index (χ2n) is 5.71. The predicted octanol–water partition coefficient (Wildman–Crippen LogP) is 2.33. The smallest absolute Gasteiger partial charge is 0.372 e. The number of aromatic carboxylic acids is 1. The first-order chi connectivity index (χ1) is 8.87. The highest BCUT2D eigenvalue weighted by molar-refractivity contribution is 5.86. The fourth-order valence-electron chi connectivity index (χ4n) is 2.50. The van der Waals surface area contributed by atoms with E-state index in [0.717, 1.165) is 19.4 Å². The zero-order chi connectivity index (χ0) is 14.0. The van der Waals surface area contributed by atoms with Gasteiger partial charge in [0.2, 0.25) is 5.76 Å². The Morgan fingerprint density at radius 2 is 2.32 bits per heavy atom. The normalized spacial score (nSPS) is 22.4. The summed E-state index contributed by atoms with van der Waals surface area (Å²) in [6.45, 7) is 7.21. The first-order valence-corrected chi connectivity index (χ1v) is 6.57. The van der Waals surface area contributed by atoms with Crippen LogP contribution in [0.1, 0.15) is 48.6 Å². The van der Waals surface area contributed by atoms with E-state index in [1.54, 1.807) is 13.0 Å². The van der Waals surface area contributed by atoms with Gasteiger partial charge in [-0.1, -0.05) is 0 Å². The Hall–Kier alpha value is -1.33. The van der Waals surface area contributed by atoms with Crippen LogP contribution in [0.2, 0.25) is 0 Å². The van der Waals surface area contributed by atoms with Gasteiger partial charge in [-0.2, -0.15) is 0 Å². The van der Waals surface area contributed by atoms with E-state index in [-0.39, 0.29) is 11.4 Å². The number of aryl methyl sites for hydroxylation is 1. The number of hydrogen-bond acceptors (Lipinski definition) is 4. The average molecular weight is 267 g/mol. The average Bonchev–Trinajstić information content (AvgIpc) is 2.67. The first kappa shape index (κ1) is 14.1. The molecular weight excluding hydrogens is 246 g/mol. The van der Waals surface area contributed by atoms with Crippen LogP contribution in [0.25, 0.3) is 0 Å². The molecule has 0 saturated carbocycles. The standard InChI is InChI=1S/C14H21NO4/c1-9-6-11(19-12(9)13(16)17)8-15-10-4-5-18-14(2,3)7-10/h6,10,15H,4-5,7-8H2,1-3H3,(H,16,17). The lowest BCUT2D eigenvalue weighted by atomic mass is 9.94. The monoisotopic (exact) mass is 267 g/mol. The van der Waals surface area contributed by atoms with E-state index in [1.807, 2.05) is 0 Å². The maximum absolute atomic E-state index is 10.9. The van der Waals surface area contributed by atoms with Crippen molar-refractivity contribution >= 4 is 5.97 Å². The van der Waals surface area contributed by atoms with Crippen molar-refractivity contribution in [3.8, 4) is 0 Å². The molecule has 1 fully saturated rings. The van der Waals surface area contributed by atoms with E-state index < -0.39 is 5.97 Å². The summed E-state index contributed by atoms with van der Waals surface area (Å²) in [5, 5.41) is 12.3. The minimum atomic E-state index is -1.02. The summed E-state index contributed by atoms with van der Waals surface area (Å²) in [6, 6.07) is 2.16. The van der Waals surface area contributed by atoms with Gasteiger partial charge in [0.15, 0.2) is 0 Å². The van der Waals surface area contributed by atoms with E-state index in [4.69, 9.17) is 14.3 Å². The molecule has 1 aromatic heterocycles. The predicted molar refractivity (Wildman–Crippen MR) is 70.3 cm³/mol. The number of ether oxygens (including phenoxy) is 1. The Balaban J connectivity index is 1.92. The number of carboxylic acid groups (broad SMARTS) is 1. The molecule has 2 N–H and O–H groups in total. The quantitative estimate of drug-likeness (QED) is 0.876. The molecule has 0 spiro atoms. The van der Waals surface area contributed by atoms with Crippen molar-refractivity contribution in [1.82, 2.24) is 5.32 Å². The summed E-state index contributed by atoms with van der Waals surface area (Å²) in [4.78, 5) is 10.9. The third-order valence-electron chi connectivity index (χ3n) is 3.43. The Morgan fingerprint density at radius 1 is 1.58 bits per heavy atom. The Morgan fingerprint density at radius 3 is 2.89 bits per heavy atom. The van der Waals surface area contributed by atoms with Crippen molar-refractivity contribution in [3.05, 3.63) is 23.2 Å². The van der Waals surface area contributed by atoms with E-state index in [0.29, 0.717) is 23.9 Å². The van der Waals surface area contributed by atoms with Crippen LogP contribution in [-0.2, 0) is 11.3 Å². The highest BCUT2D eigenvalue weighted by Gasteiger charge is 2.28. The van der Waals surface area contributed by atoms with Gasteiger partial charge in [-0.3, -0.25) is 0 Å². The van der Waals surface area contributed by atoms with Gasteiger partial charge in [-0.15, -0.1) is 0 Å². The van der Waals surface area contributed by atoms with Crippen LogP contribution in [0.3, 0.4) is 0 Å². The molecule has 1 unspecified atom stereocenters. The summed E-state index contributed by atoms with van der Waals surface area (Å²) in [5.41, 5.74) is 0.568. The molecule has 5 heteroatoms. The van der Waals surface area contributed by atoms with Crippen LogP contribution in [0.5, 0.6) is 0 Å². The highest BCUT2D eigenvalue weighted by Crippen LogP contribution is 2.24. The van der Waals surface area contributed by atoms with Crippen LogP contribution in [0.4, 0.5) is 0 Å². The van der Waals surface area contributed by atoms with Crippen LogP contribution < -0.4 is 5.32 Å². The van der Waals surface area contributed by atoms with Crippen molar-refractivity contribution in [2.45, 2.75) is 51.8 Å². The third-order valence-corrected chi connectivity index (χ3v) is 3.43. The number of furan rings is 1. The van der Waals surface area contributed by atoms with Gasteiger partial charge in [0, 0.05) is 18.2 Å². The largest absolute Gasteiger partial charge is 0.475 e. The van der Waals surface area contributed by atoms with Crippen LogP contribution in [0.15, 0.2) is 10.5 Å². The van der Waals surface area contributed by atoms with Gasteiger partial charge in [0.25, 0.3) is 0 Å². The van der Waals surface area contributed by atoms with E-state index in [1.165, 1.54) is 0 Å². The van der Waals surface area contributed by atoms with E-state index >= 15 is 0 Å². The lowest BCUT2D eigenvalue weighted by Gasteiger charge is -2.35. The maximum Gasteiger partial charge on any atom is 0.372 e. The van der Waals surface area contributed by atoms with Crippen molar-refractivity contribution in [2.24, 2.45) is 0 Å². The van der Waals surface area contributed by atoms with Crippen molar-refractivity contribution in [1.29, 1.82) is 0 Å². The maximum atomic E-state index is 10.9. The van der Waals surface area contributed by atoms with E-state index in [2.05, 4.69) is 19.2 Å². The van der Waals surface area contributed by atoms with Crippen LogP contribution in [0, 0.1) is 6.92 Å². The van der Waals surface area contributed by atoms with Crippen LogP contribution >= 0.6 is 0 Å². The Labute approximate surface area is 112 Å². The second kappa shape index (κ2) is 5.35. The molecule has 0 aromatic carbocycles. The Kier molecular flexibility index (Phi) is 3.96. The van der Waals surface area contributed by atoms with Gasteiger partial charge in [-0.05, 0) is 39.7 Å². The molecule has 0 bridgehead atoms. The molecule has 5 nitrogen and oxygen atoms in total. The number of hydrogen-bond donors (Lipinski definition) is 2. The molecule has 0 aliphatic carbocycles. The van der Waals surface area contributed by atoms with Crippen molar-refractivity contribution in [3.63, 3.8) is 0 Å². The van der Waals surface area contributed by atoms with Gasteiger partial charge in [0.05, 0.1) is 12.1 Å². The lowest BCUT2D eigenvalue weighted by Crippen LogP contribution is -2.43. The molecule has 1 aromatic rings. The zero-order valence-electron chi connectivity index (χ0n) is 11.7. The molecule has 1 aliphatic rings. The number of nitrogens with one attached hydrogen (secondary N) is 1. The molecule has 0 radical (unpaired) electrons. The summed E-state index contributed by atoms with van der Waals surface area (Å²) in [6.07, 6.45) is 1.91. The Bertz CT molecular complexity index is 464. The minimum Gasteiger partial charge on any atom is -0.475 e. The highest BCUT2D eigenvalue weighted by atomic mass is 16.5. The number of carbonyl (C=O) groups is 1. The van der Waals surface area contributed by atoms with Gasteiger partial charge >= 0.3 is 5.97 Å². The second-order valence-corrected chi connectivity index (χ2v) is 5.71. The van der Waals surface area contributed by atoms with Gasteiger partial charge < -0.3 is 19.6 Å². The number of carboxylic acids is 1. The molecule has 1 aliphatic heterocycles. The number of rotatable bonds is 4. The molecule has 0 amide bonds. The lowest BCUT2D eigenvalue weighted by molar-refractivity contribution is -0.0632. The third kappa shape index (κ3) is 3.58. The first-order valence-electron chi connectivity index (χ1n) is 6.57. The zero-order valence-corrected chi connectivity index (χ0v) is 11.7. The fourth-order valence-corrected chi connectivity index (χ4v) is 2.50. The van der Waals surface area contributed by atoms with Crippen LogP contribution in [-0.4, -0.2) is 29.3 Å². The van der Waals surface area contributed by atoms with E-state index in [9.17, 15) is 4.79 Å². The molecule has 1 atom stereocenters. The molecule has 2 rings (SSSR count). The molecular formula is C14H21NO4.